The molecule has 2 aliphatic heterocycles. The number of hydrogen-bond donors (Lipinski definition) is 1. The number of rotatable bonds is 5. The number of nitrogens with one attached hydrogen (secondary N) is 1. The normalized spacial score (nSPS) is 20.5. The lowest BCUT2D eigenvalue weighted by molar-refractivity contribution is -0.134. The van der Waals surface area contributed by atoms with Crippen molar-refractivity contribution >= 4 is 11.9 Å². The first kappa shape index (κ1) is 17.0. The zero-order valence-electron chi connectivity index (χ0n) is 14.6. The van der Waals surface area contributed by atoms with Gasteiger partial charge in [0.2, 0.25) is 0 Å². The molecule has 2 saturated heterocycles. The van der Waals surface area contributed by atoms with Gasteiger partial charge in [0, 0.05) is 13.1 Å². The van der Waals surface area contributed by atoms with Gasteiger partial charge in [0.15, 0.2) is 0 Å². The molecule has 1 spiro atoms. The topological polar surface area (TPSA) is 52.7 Å². The molecule has 130 valence electrons. The number of carbonyl (C=O) groups excluding carboxylic acids is 2. The number of hydrogen-bond acceptors (Lipinski definition) is 3. The molecule has 1 aromatic carbocycles. The van der Waals surface area contributed by atoms with Crippen molar-refractivity contribution in [2.75, 3.05) is 26.2 Å². The van der Waals surface area contributed by atoms with Crippen LogP contribution in [0.15, 0.2) is 30.3 Å². The Morgan fingerprint density at radius 1 is 1.12 bits per heavy atom. The second-order valence-corrected chi connectivity index (χ2v) is 7.26. The second-order valence-electron chi connectivity index (χ2n) is 7.26. The highest BCUT2D eigenvalue weighted by Gasteiger charge is 2.56. The number of amides is 3. The van der Waals surface area contributed by atoms with Crippen LogP contribution in [0.2, 0.25) is 0 Å². The molecular formula is C19H27N3O2. The van der Waals surface area contributed by atoms with Gasteiger partial charge in [-0.05, 0) is 43.8 Å². The van der Waals surface area contributed by atoms with Gasteiger partial charge in [-0.3, -0.25) is 9.69 Å². The van der Waals surface area contributed by atoms with E-state index in [1.807, 2.05) is 36.9 Å². The molecule has 1 N–H and O–H groups in total. The molecular weight excluding hydrogens is 302 g/mol. The van der Waals surface area contributed by atoms with Crippen LogP contribution < -0.4 is 5.32 Å². The Labute approximate surface area is 144 Å². The number of imide groups is 1. The third kappa shape index (κ3) is 3.05. The molecule has 0 saturated carbocycles. The molecule has 2 heterocycles. The fourth-order valence-corrected chi connectivity index (χ4v) is 3.83. The maximum Gasteiger partial charge on any atom is 0.327 e. The molecule has 0 radical (unpaired) electrons. The van der Waals surface area contributed by atoms with E-state index in [0.717, 1.165) is 19.5 Å². The Bertz CT molecular complexity index is 594. The smallest absolute Gasteiger partial charge is 0.317 e. The molecule has 2 aliphatic rings. The van der Waals surface area contributed by atoms with Crippen molar-refractivity contribution in [1.29, 1.82) is 0 Å². The summed E-state index contributed by atoms with van der Waals surface area (Å²) in [6, 6.07) is 10.1. The van der Waals surface area contributed by atoms with E-state index in [1.165, 1.54) is 10.5 Å². The van der Waals surface area contributed by atoms with Gasteiger partial charge in [0.25, 0.3) is 5.91 Å². The van der Waals surface area contributed by atoms with Gasteiger partial charge in [-0.1, -0.05) is 44.2 Å². The van der Waals surface area contributed by atoms with Crippen LogP contribution in [-0.4, -0.2) is 53.5 Å². The largest absolute Gasteiger partial charge is 0.327 e. The van der Waals surface area contributed by atoms with Crippen LogP contribution in [0.4, 0.5) is 4.79 Å². The van der Waals surface area contributed by atoms with E-state index < -0.39 is 5.54 Å². The SMILES string of the molecule is CC(C)CN1C(=O)N(CCc2ccccc2)C2(CCNCC2)C1=O. The third-order valence-electron chi connectivity index (χ3n) is 5.07. The summed E-state index contributed by atoms with van der Waals surface area (Å²) in [6.45, 7) is 6.77. The lowest BCUT2D eigenvalue weighted by Crippen LogP contribution is -2.56. The minimum atomic E-state index is -0.633. The minimum Gasteiger partial charge on any atom is -0.317 e. The first-order valence-corrected chi connectivity index (χ1v) is 8.93. The van der Waals surface area contributed by atoms with Crippen LogP contribution in [0.25, 0.3) is 0 Å². The molecule has 3 amide bonds. The van der Waals surface area contributed by atoms with Crippen LogP contribution in [-0.2, 0) is 11.2 Å². The molecule has 2 fully saturated rings. The van der Waals surface area contributed by atoms with Crippen molar-refractivity contribution in [3.63, 3.8) is 0 Å². The summed E-state index contributed by atoms with van der Waals surface area (Å²) in [5.74, 6) is 0.293. The summed E-state index contributed by atoms with van der Waals surface area (Å²) in [5.41, 5.74) is 0.565. The Balaban J connectivity index is 1.82. The summed E-state index contributed by atoms with van der Waals surface area (Å²) in [6.07, 6.45) is 2.20. The molecule has 5 nitrogen and oxygen atoms in total. The first-order chi connectivity index (χ1) is 11.5. The number of carbonyl (C=O) groups is 2. The average molecular weight is 329 g/mol. The van der Waals surface area contributed by atoms with Crippen molar-refractivity contribution < 1.29 is 9.59 Å². The van der Waals surface area contributed by atoms with E-state index in [2.05, 4.69) is 17.4 Å². The van der Waals surface area contributed by atoms with E-state index in [1.54, 1.807) is 0 Å². The van der Waals surface area contributed by atoms with Crippen LogP contribution in [0.3, 0.4) is 0 Å². The van der Waals surface area contributed by atoms with E-state index in [-0.39, 0.29) is 17.9 Å². The van der Waals surface area contributed by atoms with E-state index in [9.17, 15) is 9.59 Å². The van der Waals surface area contributed by atoms with Crippen molar-refractivity contribution in [2.24, 2.45) is 5.92 Å². The van der Waals surface area contributed by atoms with Gasteiger partial charge in [-0.15, -0.1) is 0 Å². The molecule has 3 rings (SSSR count). The monoisotopic (exact) mass is 329 g/mol. The van der Waals surface area contributed by atoms with Crippen LogP contribution in [0, 0.1) is 5.92 Å². The standard InChI is InChI=1S/C19H27N3O2/c1-15(2)14-21-17(23)19(9-11-20-12-10-19)22(18(21)24)13-8-16-6-4-3-5-7-16/h3-7,15,20H,8-14H2,1-2H3. The summed E-state index contributed by atoms with van der Waals surface area (Å²) in [7, 11) is 0. The van der Waals surface area contributed by atoms with Gasteiger partial charge in [-0.2, -0.15) is 0 Å². The van der Waals surface area contributed by atoms with E-state index >= 15 is 0 Å². The highest BCUT2D eigenvalue weighted by atomic mass is 16.2. The lowest BCUT2D eigenvalue weighted by Gasteiger charge is -2.38. The van der Waals surface area contributed by atoms with Crippen LogP contribution >= 0.6 is 0 Å². The molecule has 0 bridgehead atoms. The maximum absolute atomic E-state index is 13.1. The number of piperidine rings is 1. The highest BCUT2D eigenvalue weighted by Crippen LogP contribution is 2.36. The number of urea groups is 1. The first-order valence-electron chi connectivity index (χ1n) is 8.93. The molecule has 0 aromatic heterocycles. The van der Waals surface area contributed by atoms with Gasteiger partial charge < -0.3 is 10.2 Å². The van der Waals surface area contributed by atoms with E-state index in [4.69, 9.17) is 0 Å². The molecule has 5 heteroatoms. The molecule has 24 heavy (non-hydrogen) atoms. The van der Waals surface area contributed by atoms with Crippen molar-refractivity contribution in [2.45, 2.75) is 38.6 Å². The predicted molar refractivity (Wildman–Crippen MR) is 93.6 cm³/mol. The minimum absolute atomic E-state index is 0.00996. The maximum atomic E-state index is 13.1. The molecule has 1 aromatic rings. The highest BCUT2D eigenvalue weighted by molar-refractivity contribution is 6.07. The van der Waals surface area contributed by atoms with Gasteiger partial charge in [0.05, 0.1) is 0 Å². The van der Waals surface area contributed by atoms with Crippen molar-refractivity contribution in [3.05, 3.63) is 35.9 Å². The zero-order valence-corrected chi connectivity index (χ0v) is 14.6. The predicted octanol–water partition coefficient (Wildman–Crippen LogP) is 2.27. The van der Waals surface area contributed by atoms with Gasteiger partial charge >= 0.3 is 6.03 Å². The Hall–Kier alpha value is -1.88. The number of benzene rings is 1. The fourth-order valence-electron chi connectivity index (χ4n) is 3.83. The molecule has 0 unspecified atom stereocenters. The number of nitrogens with zero attached hydrogens (tertiary/aromatic N) is 2. The summed E-state index contributed by atoms with van der Waals surface area (Å²) < 4.78 is 0. The van der Waals surface area contributed by atoms with E-state index in [0.29, 0.717) is 25.9 Å². The summed E-state index contributed by atoms with van der Waals surface area (Å²) in [5, 5.41) is 3.31. The zero-order chi connectivity index (χ0) is 17.2. The fraction of sp³-hybridized carbons (Fsp3) is 0.579. The average Bonchev–Trinajstić information content (AvgIpc) is 2.76. The summed E-state index contributed by atoms with van der Waals surface area (Å²) >= 11 is 0. The van der Waals surface area contributed by atoms with Gasteiger partial charge in [0.1, 0.15) is 5.54 Å². The Kier molecular flexibility index (Phi) is 4.90. The quantitative estimate of drug-likeness (QED) is 0.843. The summed E-state index contributed by atoms with van der Waals surface area (Å²) in [4.78, 5) is 29.4. The van der Waals surface area contributed by atoms with Crippen molar-refractivity contribution in [3.8, 4) is 0 Å². The van der Waals surface area contributed by atoms with Crippen LogP contribution in [0.1, 0.15) is 32.3 Å². The van der Waals surface area contributed by atoms with Crippen LogP contribution in [0.5, 0.6) is 0 Å². The molecule has 0 atom stereocenters. The Morgan fingerprint density at radius 3 is 2.42 bits per heavy atom. The molecule has 0 aliphatic carbocycles. The third-order valence-corrected chi connectivity index (χ3v) is 5.07. The Morgan fingerprint density at radius 2 is 1.79 bits per heavy atom. The van der Waals surface area contributed by atoms with Crippen molar-refractivity contribution in [1.82, 2.24) is 15.1 Å². The second kappa shape index (κ2) is 6.93. The lowest BCUT2D eigenvalue weighted by atomic mass is 9.86. The van der Waals surface area contributed by atoms with Gasteiger partial charge in [-0.25, -0.2) is 4.79 Å².